The smallest absolute Gasteiger partial charge is 0.130 e. The second-order valence-corrected chi connectivity index (χ2v) is 4.61. The van der Waals surface area contributed by atoms with E-state index in [0.717, 1.165) is 21.7 Å². The first-order chi connectivity index (χ1) is 7.18. The normalized spacial score (nSPS) is 12.7. The summed E-state index contributed by atoms with van der Waals surface area (Å²) >= 11 is 1.55. The molecule has 2 aromatic rings. The Hall–Kier alpha value is -1.19. The average Bonchev–Trinajstić information content (AvgIpc) is 2.69. The van der Waals surface area contributed by atoms with Crippen LogP contribution in [0.5, 0.6) is 0 Å². The summed E-state index contributed by atoms with van der Waals surface area (Å²) in [7, 11) is 0. The zero-order valence-corrected chi connectivity index (χ0v) is 9.58. The Morgan fingerprint density at radius 3 is 2.80 bits per heavy atom. The molecule has 1 unspecified atom stereocenters. The van der Waals surface area contributed by atoms with Gasteiger partial charge in [0.25, 0.3) is 0 Å². The zero-order chi connectivity index (χ0) is 10.8. The van der Waals surface area contributed by atoms with Gasteiger partial charge in [0.1, 0.15) is 6.10 Å². The van der Waals surface area contributed by atoms with Crippen molar-refractivity contribution in [2.24, 2.45) is 0 Å². The van der Waals surface area contributed by atoms with Gasteiger partial charge in [-0.05, 0) is 36.4 Å². The number of aromatic nitrogens is 1. The van der Waals surface area contributed by atoms with Gasteiger partial charge in [0.2, 0.25) is 0 Å². The first-order valence-corrected chi connectivity index (χ1v) is 5.71. The Morgan fingerprint density at radius 2 is 2.20 bits per heavy atom. The highest BCUT2D eigenvalue weighted by molar-refractivity contribution is 7.10. The monoisotopic (exact) mass is 219 g/mol. The molecule has 0 spiro atoms. The van der Waals surface area contributed by atoms with Crippen molar-refractivity contribution in [3.05, 3.63) is 51.5 Å². The van der Waals surface area contributed by atoms with Gasteiger partial charge in [-0.25, -0.2) is 0 Å². The van der Waals surface area contributed by atoms with Crippen LogP contribution in [0.1, 0.15) is 27.8 Å². The molecule has 2 rings (SSSR count). The second-order valence-electron chi connectivity index (χ2n) is 3.63. The SMILES string of the molecule is Cc1cnc(C(O)c2cccs2)c(C)c1. The third-order valence-electron chi connectivity index (χ3n) is 2.33. The zero-order valence-electron chi connectivity index (χ0n) is 8.77. The van der Waals surface area contributed by atoms with E-state index in [0.29, 0.717) is 0 Å². The summed E-state index contributed by atoms with van der Waals surface area (Å²) in [5.41, 5.74) is 2.91. The van der Waals surface area contributed by atoms with Crippen LogP contribution < -0.4 is 0 Å². The Morgan fingerprint density at radius 1 is 1.40 bits per heavy atom. The summed E-state index contributed by atoms with van der Waals surface area (Å²) in [5, 5.41) is 12.1. The minimum atomic E-state index is -0.592. The molecular weight excluding hydrogens is 206 g/mol. The Labute approximate surface area is 93.2 Å². The van der Waals surface area contributed by atoms with Crippen molar-refractivity contribution in [3.8, 4) is 0 Å². The predicted molar refractivity (Wildman–Crippen MR) is 62.1 cm³/mol. The van der Waals surface area contributed by atoms with E-state index < -0.39 is 6.10 Å². The van der Waals surface area contributed by atoms with Gasteiger partial charge in [-0.1, -0.05) is 12.1 Å². The second kappa shape index (κ2) is 4.13. The van der Waals surface area contributed by atoms with Crippen LogP contribution in [-0.4, -0.2) is 10.1 Å². The Bertz CT molecular complexity index is 451. The van der Waals surface area contributed by atoms with Gasteiger partial charge in [-0.2, -0.15) is 0 Å². The molecule has 0 aliphatic heterocycles. The molecule has 2 nitrogen and oxygen atoms in total. The summed E-state index contributed by atoms with van der Waals surface area (Å²) in [4.78, 5) is 5.23. The van der Waals surface area contributed by atoms with Crippen LogP contribution in [0.4, 0.5) is 0 Å². The van der Waals surface area contributed by atoms with Crippen LogP contribution in [-0.2, 0) is 0 Å². The van der Waals surface area contributed by atoms with Crippen molar-refractivity contribution in [2.45, 2.75) is 20.0 Å². The van der Waals surface area contributed by atoms with E-state index in [4.69, 9.17) is 0 Å². The Balaban J connectivity index is 2.38. The molecule has 3 heteroatoms. The number of rotatable bonds is 2. The summed E-state index contributed by atoms with van der Waals surface area (Å²) in [5.74, 6) is 0. The first-order valence-electron chi connectivity index (χ1n) is 4.83. The van der Waals surface area contributed by atoms with Gasteiger partial charge in [-0.15, -0.1) is 11.3 Å². The van der Waals surface area contributed by atoms with Crippen molar-refractivity contribution in [1.29, 1.82) is 0 Å². The van der Waals surface area contributed by atoms with Gasteiger partial charge in [0.15, 0.2) is 0 Å². The van der Waals surface area contributed by atoms with E-state index in [2.05, 4.69) is 4.98 Å². The third kappa shape index (κ3) is 2.08. The number of aryl methyl sites for hydroxylation is 2. The minimum Gasteiger partial charge on any atom is -0.381 e. The molecule has 0 aliphatic carbocycles. The highest BCUT2D eigenvalue weighted by Gasteiger charge is 2.14. The van der Waals surface area contributed by atoms with Crippen molar-refractivity contribution in [1.82, 2.24) is 4.98 Å². The molecule has 1 N–H and O–H groups in total. The molecule has 15 heavy (non-hydrogen) atoms. The third-order valence-corrected chi connectivity index (χ3v) is 3.25. The van der Waals surface area contributed by atoms with Gasteiger partial charge >= 0.3 is 0 Å². The van der Waals surface area contributed by atoms with Gasteiger partial charge in [0.05, 0.1) is 5.69 Å². The number of pyridine rings is 1. The molecule has 2 aromatic heterocycles. The molecule has 2 heterocycles. The molecule has 0 saturated heterocycles. The van der Waals surface area contributed by atoms with Crippen LogP contribution in [0.2, 0.25) is 0 Å². The summed E-state index contributed by atoms with van der Waals surface area (Å²) in [6.45, 7) is 3.98. The fourth-order valence-corrected chi connectivity index (χ4v) is 2.31. The number of thiophene rings is 1. The number of hydrogen-bond donors (Lipinski definition) is 1. The van der Waals surface area contributed by atoms with E-state index in [1.165, 1.54) is 0 Å². The number of nitrogens with zero attached hydrogens (tertiary/aromatic N) is 1. The maximum Gasteiger partial charge on any atom is 0.130 e. The molecule has 0 fully saturated rings. The van der Waals surface area contributed by atoms with Gasteiger partial charge in [-0.3, -0.25) is 4.98 Å². The molecule has 1 atom stereocenters. The average molecular weight is 219 g/mol. The van der Waals surface area contributed by atoms with E-state index in [9.17, 15) is 5.11 Å². The van der Waals surface area contributed by atoms with E-state index in [1.54, 1.807) is 17.5 Å². The molecule has 0 aromatic carbocycles. The predicted octanol–water partition coefficient (Wildman–Crippen LogP) is 2.84. The maximum atomic E-state index is 10.1. The summed E-state index contributed by atoms with van der Waals surface area (Å²) in [6, 6.07) is 5.90. The molecule has 78 valence electrons. The first kappa shape index (κ1) is 10.3. The fraction of sp³-hybridized carbons (Fsp3) is 0.250. The summed E-state index contributed by atoms with van der Waals surface area (Å²) < 4.78 is 0. The largest absolute Gasteiger partial charge is 0.381 e. The van der Waals surface area contributed by atoms with Crippen LogP contribution in [0.25, 0.3) is 0 Å². The van der Waals surface area contributed by atoms with Crippen molar-refractivity contribution >= 4 is 11.3 Å². The molecule has 0 aliphatic rings. The van der Waals surface area contributed by atoms with Crippen LogP contribution in [0.3, 0.4) is 0 Å². The minimum absolute atomic E-state index is 0.592. The van der Waals surface area contributed by atoms with Gasteiger partial charge in [0, 0.05) is 11.1 Å². The number of aliphatic hydroxyl groups excluding tert-OH is 1. The number of hydrogen-bond acceptors (Lipinski definition) is 3. The van der Waals surface area contributed by atoms with Crippen LogP contribution in [0, 0.1) is 13.8 Å². The quantitative estimate of drug-likeness (QED) is 0.842. The van der Waals surface area contributed by atoms with Crippen LogP contribution in [0.15, 0.2) is 29.8 Å². The molecule has 0 radical (unpaired) electrons. The lowest BCUT2D eigenvalue weighted by Crippen LogP contribution is -2.03. The van der Waals surface area contributed by atoms with E-state index in [1.807, 2.05) is 37.4 Å². The standard InChI is InChI=1S/C12H13NOS/c1-8-6-9(2)11(13-7-8)12(14)10-4-3-5-15-10/h3-7,12,14H,1-2H3. The maximum absolute atomic E-state index is 10.1. The summed E-state index contributed by atoms with van der Waals surface area (Å²) in [6.07, 6.45) is 1.20. The van der Waals surface area contributed by atoms with Crippen molar-refractivity contribution in [3.63, 3.8) is 0 Å². The van der Waals surface area contributed by atoms with Crippen molar-refractivity contribution < 1.29 is 5.11 Å². The topological polar surface area (TPSA) is 33.1 Å². The lowest BCUT2D eigenvalue weighted by Gasteiger charge is -2.11. The van der Waals surface area contributed by atoms with Gasteiger partial charge < -0.3 is 5.11 Å². The molecule has 0 amide bonds. The highest BCUT2D eigenvalue weighted by atomic mass is 32.1. The fourth-order valence-electron chi connectivity index (χ4n) is 1.59. The Kier molecular flexibility index (Phi) is 2.84. The van der Waals surface area contributed by atoms with E-state index >= 15 is 0 Å². The van der Waals surface area contributed by atoms with E-state index in [-0.39, 0.29) is 0 Å². The highest BCUT2D eigenvalue weighted by Crippen LogP contribution is 2.26. The lowest BCUT2D eigenvalue weighted by atomic mass is 10.1. The molecule has 0 bridgehead atoms. The number of aliphatic hydroxyl groups is 1. The van der Waals surface area contributed by atoms with Crippen molar-refractivity contribution in [2.75, 3.05) is 0 Å². The molecular formula is C12H13NOS. The molecule has 0 saturated carbocycles. The lowest BCUT2D eigenvalue weighted by molar-refractivity contribution is 0.218. The van der Waals surface area contributed by atoms with Crippen LogP contribution >= 0.6 is 11.3 Å².